The lowest BCUT2D eigenvalue weighted by Gasteiger charge is -2.20. The Labute approximate surface area is 137 Å². The van der Waals surface area contributed by atoms with E-state index in [9.17, 15) is 4.39 Å². The van der Waals surface area contributed by atoms with Gasteiger partial charge in [0.05, 0.1) is 7.11 Å². The highest BCUT2D eigenvalue weighted by Crippen LogP contribution is 2.31. The van der Waals surface area contributed by atoms with E-state index in [0.29, 0.717) is 17.0 Å². The van der Waals surface area contributed by atoms with Crippen molar-refractivity contribution in [2.45, 2.75) is 12.5 Å². The molecule has 0 saturated carbocycles. The van der Waals surface area contributed by atoms with E-state index in [1.165, 1.54) is 6.07 Å². The average molecular weight is 373 g/mol. The summed E-state index contributed by atoms with van der Waals surface area (Å²) in [4.78, 5) is 0. The first kappa shape index (κ1) is 16.3. The molecule has 0 aliphatic heterocycles. The fourth-order valence-corrected chi connectivity index (χ4v) is 2.85. The lowest BCUT2D eigenvalue weighted by molar-refractivity contribution is 0.400. The third-order valence-electron chi connectivity index (χ3n) is 3.35. The van der Waals surface area contributed by atoms with Crippen LogP contribution in [-0.2, 0) is 6.42 Å². The number of rotatable bonds is 5. The summed E-state index contributed by atoms with van der Waals surface area (Å²) in [5, 5.41) is 3.82. The standard InChI is InChI=1S/C16H16BrClFNO/c1-20-15(8-10-7-11(17)3-5-14(10)19)13-9-12(18)4-6-16(13)21-2/h3-7,9,15,20H,8H2,1-2H3. The van der Waals surface area contributed by atoms with Gasteiger partial charge in [-0.25, -0.2) is 4.39 Å². The molecule has 5 heteroatoms. The fourth-order valence-electron chi connectivity index (χ4n) is 2.26. The Morgan fingerprint density at radius 1 is 1.29 bits per heavy atom. The Kier molecular flexibility index (Phi) is 5.62. The van der Waals surface area contributed by atoms with Crippen LogP contribution >= 0.6 is 27.5 Å². The van der Waals surface area contributed by atoms with Crippen LogP contribution in [0.1, 0.15) is 17.2 Å². The van der Waals surface area contributed by atoms with Crippen LogP contribution in [0.5, 0.6) is 5.75 Å². The molecule has 0 aliphatic rings. The molecular formula is C16H16BrClFNO. The van der Waals surface area contributed by atoms with Crippen molar-refractivity contribution in [1.29, 1.82) is 0 Å². The van der Waals surface area contributed by atoms with Crippen LogP contribution < -0.4 is 10.1 Å². The van der Waals surface area contributed by atoms with Crippen molar-refractivity contribution < 1.29 is 9.13 Å². The maximum absolute atomic E-state index is 13.9. The smallest absolute Gasteiger partial charge is 0.126 e. The summed E-state index contributed by atoms with van der Waals surface area (Å²) in [7, 11) is 3.44. The van der Waals surface area contributed by atoms with E-state index in [0.717, 1.165) is 15.8 Å². The highest BCUT2D eigenvalue weighted by molar-refractivity contribution is 9.10. The molecule has 1 N–H and O–H groups in total. The first-order valence-corrected chi connectivity index (χ1v) is 7.67. The van der Waals surface area contributed by atoms with Crippen molar-refractivity contribution in [3.05, 3.63) is 62.8 Å². The average Bonchev–Trinajstić information content (AvgIpc) is 2.48. The molecule has 0 amide bonds. The van der Waals surface area contributed by atoms with E-state index in [1.54, 1.807) is 25.3 Å². The summed E-state index contributed by atoms with van der Waals surface area (Å²) in [5.74, 6) is 0.508. The molecule has 0 aromatic heterocycles. The van der Waals surface area contributed by atoms with Gasteiger partial charge in [0.2, 0.25) is 0 Å². The molecule has 1 unspecified atom stereocenters. The maximum atomic E-state index is 13.9. The van der Waals surface area contributed by atoms with Gasteiger partial charge in [-0.3, -0.25) is 0 Å². The van der Waals surface area contributed by atoms with Crippen molar-refractivity contribution in [1.82, 2.24) is 5.32 Å². The van der Waals surface area contributed by atoms with Crippen molar-refractivity contribution in [3.8, 4) is 5.75 Å². The molecule has 0 heterocycles. The summed E-state index contributed by atoms with van der Waals surface area (Å²) in [6, 6.07) is 10.3. The minimum atomic E-state index is -0.223. The second kappa shape index (κ2) is 7.25. The Hall–Kier alpha value is -1.10. The normalized spacial score (nSPS) is 12.2. The molecule has 2 rings (SSSR count). The monoisotopic (exact) mass is 371 g/mol. The summed E-state index contributed by atoms with van der Waals surface area (Å²) in [6.07, 6.45) is 0.498. The lowest BCUT2D eigenvalue weighted by atomic mass is 9.98. The molecule has 1 atom stereocenters. The zero-order chi connectivity index (χ0) is 15.4. The minimum absolute atomic E-state index is 0.0950. The largest absolute Gasteiger partial charge is 0.496 e. The molecule has 112 valence electrons. The van der Waals surface area contributed by atoms with E-state index in [-0.39, 0.29) is 11.9 Å². The number of hydrogen-bond acceptors (Lipinski definition) is 2. The van der Waals surface area contributed by atoms with E-state index in [2.05, 4.69) is 21.2 Å². The van der Waals surface area contributed by atoms with Crippen LogP contribution in [-0.4, -0.2) is 14.2 Å². The lowest BCUT2D eigenvalue weighted by Crippen LogP contribution is -2.20. The van der Waals surface area contributed by atoms with Crippen molar-refractivity contribution >= 4 is 27.5 Å². The number of ether oxygens (including phenoxy) is 1. The number of methoxy groups -OCH3 is 1. The van der Waals surface area contributed by atoms with Gasteiger partial charge >= 0.3 is 0 Å². The number of halogens is 3. The summed E-state index contributed by atoms with van der Waals surface area (Å²) in [5.41, 5.74) is 1.54. The molecule has 0 radical (unpaired) electrons. The molecule has 0 saturated heterocycles. The third-order valence-corrected chi connectivity index (χ3v) is 4.08. The number of benzene rings is 2. The van der Waals surface area contributed by atoms with Gasteiger partial charge in [-0.15, -0.1) is 0 Å². The second-order valence-electron chi connectivity index (χ2n) is 4.67. The van der Waals surface area contributed by atoms with E-state index in [1.807, 2.05) is 19.2 Å². The zero-order valence-electron chi connectivity index (χ0n) is 11.8. The Bertz CT molecular complexity index is 636. The number of nitrogens with one attached hydrogen (secondary N) is 1. The molecule has 2 aromatic carbocycles. The van der Waals surface area contributed by atoms with Crippen LogP contribution in [0.4, 0.5) is 4.39 Å². The number of likely N-dealkylation sites (N-methyl/N-ethyl adjacent to an activating group) is 1. The highest BCUT2D eigenvalue weighted by atomic mass is 79.9. The SMILES string of the molecule is CNC(Cc1cc(Br)ccc1F)c1cc(Cl)ccc1OC. The van der Waals surface area contributed by atoms with Crippen molar-refractivity contribution in [3.63, 3.8) is 0 Å². The Morgan fingerprint density at radius 2 is 2.05 bits per heavy atom. The molecule has 0 fully saturated rings. The fraction of sp³-hybridized carbons (Fsp3) is 0.250. The zero-order valence-corrected chi connectivity index (χ0v) is 14.1. The Balaban J connectivity index is 2.36. The minimum Gasteiger partial charge on any atom is -0.496 e. The van der Waals surface area contributed by atoms with Crippen LogP contribution in [0.25, 0.3) is 0 Å². The molecular weight excluding hydrogens is 357 g/mol. The third kappa shape index (κ3) is 3.96. The summed E-state index contributed by atoms with van der Waals surface area (Å²) in [6.45, 7) is 0. The van der Waals surface area contributed by atoms with Gasteiger partial charge in [0, 0.05) is 21.1 Å². The second-order valence-corrected chi connectivity index (χ2v) is 6.02. The molecule has 2 nitrogen and oxygen atoms in total. The van der Waals surface area contributed by atoms with Gasteiger partial charge < -0.3 is 10.1 Å². The van der Waals surface area contributed by atoms with E-state index < -0.39 is 0 Å². The van der Waals surface area contributed by atoms with Crippen molar-refractivity contribution in [2.24, 2.45) is 0 Å². The van der Waals surface area contributed by atoms with Gasteiger partial charge in [0.15, 0.2) is 0 Å². The van der Waals surface area contributed by atoms with Gasteiger partial charge in [-0.2, -0.15) is 0 Å². The van der Waals surface area contributed by atoms with Gasteiger partial charge in [0.25, 0.3) is 0 Å². The van der Waals surface area contributed by atoms with Gasteiger partial charge in [-0.05, 0) is 55.4 Å². The number of hydrogen-bond donors (Lipinski definition) is 1. The molecule has 0 aliphatic carbocycles. The topological polar surface area (TPSA) is 21.3 Å². The van der Waals surface area contributed by atoms with Crippen LogP contribution in [0.15, 0.2) is 40.9 Å². The van der Waals surface area contributed by atoms with Gasteiger partial charge in [0.1, 0.15) is 11.6 Å². The summed E-state index contributed by atoms with van der Waals surface area (Å²) < 4.78 is 20.2. The van der Waals surface area contributed by atoms with Crippen LogP contribution in [0.3, 0.4) is 0 Å². The first-order valence-electron chi connectivity index (χ1n) is 6.49. The quantitative estimate of drug-likeness (QED) is 0.817. The van der Waals surface area contributed by atoms with E-state index in [4.69, 9.17) is 16.3 Å². The Morgan fingerprint density at radius 3 is 2.71 bits per heavy atom. The highest BCUT2D eigenvalue weighted by Gasteiger charge is 2.17. The molecule has 0 bridgehead atoms. The van der Waals surface area contributed by atoms with Crippen LogP contribution in [0.2, 0.25) is 5.02 Å². The summed E-state index contributed by atoms with van der Waals surface area (Å²) >= 11 is 9.44. The molecule has 21 heavy (non-hydrogen) atoms. The van der Waals surface area contributed by atoms with Crippen LogP contribution in [0, 0.1) is 5.82 Å². The predicted molar refractivity (Wildman–Crippen MR) is 87.6 cm³/mol. The van der Waals surface area contributed by atoms with Gasteiger partial charge in [-0.1, -0.05) is 27.5 Å². The maximum Gasteiger partial charge on any atom is 0.126 e. The predicted octanol–water partition coefficient (Wildman–Crippen LogP) is 4.75. The van der Waals surface area contributed by atoms with Crippen molar-refractivity contribution in [2.75, 3.05) is 14.2 Å². The first-order chi connectivity index (χ1) is 10.0. The molecule has 2 aromatic rings. The van der Waals surface area contributed by atoms with E-state index >= 15 is 0 Å². The molecule has 0 spiro atoms.